The second-order valence-electron chi connectivity index (χ2n) is 4.67. The number of hydrogen-bond acceptors (Lipinski definition) is 3. The summed E-state index contributed by atoms with van der Waals surface area (Å²) in [6, 6.07) is 3.92. The predicted octanol–water partition coefficient (Wildman–Crippen LogP) is 2.06. The van der Waals surface area contributed by atoms with E-state index in [0.717, 1.165) is 13.0 Å². The number of aryl methyl sites for hydroxylation is 1. The third kappa shape index (κ3) is 2.82. The minimum atomic E-state index is 0.212. The lowest BCUT2D eigenvalue weighted by molar-refractivity contribution is 0.349. The molecule has 0 aromatic carbocycles. The van der Waals surface area contributed by atoms with E-state index in [1.807, 2.05) is 12.1 Å². The number of imidazole rings is 1. The first-order chi connectivity index (χ1) is 6.98. The molecule has 0 saturated heterocycles. The van der Waals surface area contributed by atoms with Crippen molar-refractivity contribution < 1.29 is 0 Å². The van der Waals surface area contributed by atoms with Crippen LogP contribution in [0.5, 0.6) is 0 Å². The molecule has 0 N–H and O–H groups in total. The van der Waals surface area contributed by atoms with Crippen LogP contribution in [0.15, 0.2) is 6.33 Å². The van der Waals surface area contributed by atoms with Gasteiger partial charge in [-0.2, -0.15) is 10.5 Å². The Labute approximate surface area is 89.8 Å². The average molecular weight is 202 g/mol. The zero-order chi connectivity index (χ0) is 11.5. The van der Waals surface area contributed by atoms with Crippen molar-refractivity contribution in [2.24, 2.45) is 5.41 Å². The first-order valence-corrected chi connectivity index (χ1v) is 4.83. The van der Waals surface area contributed by atoms with Crippen LogP contribution in [-0.4, -0.2) is 9.55 Å². The Morgan fingerprint density at radius 3 is 2.47 bits per heavy atom. The van der Waals surface area contributed by atoms with Gasteiger partial charge in [0.15, 0.2) is 11.4 Å². The van der Waals surface area contributed by atoms with Gasteiger partial charge in [0.2, 0.25) is 0 Å². The molecule has 0 aliphatic carbocycles. The van der Waals surface area contributed by atoms with Crippen molar-refractivity contribution in [3.8, 4) is 12.1 Å². The topological polar surface area (TPSA) is 65.4 Å². The molecule has 0 radical (unpaired) electrons. The molecule has 0 atom stereocenters. The minimum Gasteiger partial charge on any atom is -0.321 e. The van der Waals surface area contributed by atoms with Gasteiger partial charge < -0.3 is 4.57 Å². The van der Waals surface area contributed by atoms with Gasteiger partial charge in [-0.05, 0) is 11.8 Å². The first-order valence-electron chi connectivity index (χ1n) is 4.83. The van der Waals surface area contributed by atoms with E-state index in [1.54, 1.807) is 10.9 Å². The van der Waals surface area contributed by atoms with E-state index in [1.165, 1.54) is 0 Å². The zero-order valence-electron chi connectivity index (χ0n) is 9.28. The summed E-state index contributed by atoms with van der Waals surface area (Å²) in [7, 11) is 0. The molecule has 0 spiro atoms. The molecule has 1 aromatic heterocycles. The highest BCUT2D eigenvalue weighted by Crippen LogP contribution is 2.20. The minimum absolute atomic E-state index is 0.212. The van der Waals surface area contributed by atoms with Gasteiger partial charge in [-0.1, -0.05) is 20.8 Å². The van der Waals surface area contributed by atoms with Crippen LogP contribution >= 0.6 is 0 Å². The summed E-state index contributed by atoms with van der Waals surface area (Å²) in [5, 5.41) is 17.6. The highest BCUT2D eigenvalue weighted by Gasteiger charge is 2.14. The van der Waals surface area contributed by atoms with Gasteiger partial charge in [-0.25, -0.2) is 4.98 Å². The molecule has 0 bridgehead atoms. The maximum atomic E-state index is 8.89. The first kappa shape index (κ1) is 11.3. The number of nitriles is 2. The van der Waals surface area contributed by atoms with E-state index in [-0.39, 0.29) is 11.1 Å². The molecular weight excluding hydrogens is 188 g/mol. The summed E-state index contributed by atoms with van der Waals surface area (Å²) in [6.07, 6.45) is 2.51. The molecule has 4 heteroatoms. The summed E-state index contributed by atoms with van der Waals surface area (Å²) in [4.78, 5) is 3.89. The van der Waals surface area contributed by atoms with Crippen LogP contribution in [0, 0.1) is 28.1 Å². The monoisotopic (exact) mass is 202 g/mol. The van der Waals surface area contributed by atoms with Gasteiger partial charge in [-0.15, -0.1) is 0 Å². The quantitative estimate of drug-likeness (QED) is 0.737. The molecular formula is C11H14N4. The molecule has 15 heavy (non-hydrogen) atoms. The Morgan fingerprint density at radius 1 is 1.33 bits per heavy atom. The van der Waals surface area contributed by atoms with E-state index < -0.39 is 0 Å². The molecule has 78 valence electrons. The van der Waals surface area contributed by atoms with Gasteiger partial charge in [0.25, 0.3) is 0 Å². The second-order valence-corrected chi connectivity index (χ2v) is 4.67. The smallest absolute Gasteiger partial charge is 0.176 e. The van der Waals surface area contributed by atoms with Crippen molar-refractivity contribution in [3.05, 3.63) is 17.7 Å². The SMILES string of the molecule is CC(C)(C)CCn1cnc(C#N)c1C#N. The van der Waals surface area contributed by atoms with Crippen molar-refractivity contribution in [2.45, 2.75) is 33.7 Å². The van der Waals surface area contributed by atoms with Crippen LogP contribution in [0.1, 0.15) is 38.6 Å². The number of rotatable bonds is 2. The highest BCUT2D eigenvalue weighted by atomic mass is 15.1. The Morgan fingerprint density at radius 2 is 2.00 bits per heavy atom. The molecule has 1 rings (SSSR count). The second kappa shape index (κ2) is 4.14. The number of hydrogen-bond donors (Lipinski definition) is 0. The van der Waals surface area contributed by atoms with Gasteiger partial charge in [0.05, 0.1) is 6.33 Å². The van der Waals surface area contributed by atoms with Crippen LogP contribution in [0.4, 0.5) is 0 Å². The Balaban J connectivity index is 2.85. The van der Waals surface area contributed by atoms with Crippen molar-refractivity contribution in [2.75, 3.05) is 0 Å². The standard InChI is InChI=1S/C11H14N4/c1-11(2,3)4-5-15-8-14-9(6-12)10(15)7-13/h8H,4-5H2,1-3H3. The lowest BCUT2D eigenvalue weighted by Gasteiger charge is -2.18. The average Bonchev–Trinajstić information content (AvgIpc) is 2.55. The fraction of sp³-hybridized carbons (Fsp3) is 0.545. The van der Waals surface area contributed by atoms with E-state index in [4.69, 9.17) is 10.5 Å². The lowest BCUT2D eigenvalue weighted by Crippen LogP contribution is -2.11. The normalized spacial score (nSPS) is 10.7. The molecule has 0 aliphatic heterocycles. The van der Waals surface area contributed by atoms with E-state index in [2.05, 4.69) is 25.8 Å². The Bertz CT molecular complexity index is 423. The van der Waals surface area contributed by atoms with E-state index >= 15 is 0 Å². The fourth-order valence-electron chi connectivity index (χ4n) is 1.21. The largest absolute Gasteiger partial charge is 0.321 e. The number of aromatic nitrogens is 2. The van der Waals surface area contributed by atoms with Crippen LogP contribution < -0.4 is 0 Å². The fourth-order valence-corrected chi connectivity index (χ4v) is 1.21. The molecule has 4 nitrogen and oxygen atoms in total. The predicted molar refractivity (Wildman–Crippen MR) is 55.7 cm³/mol. The molecule has 0 unspecified atom stereocenters. The van der Waals surface area contributed by atoms with Crippen molar-refractivity contribution >= 4 is 0 Å². The zero-order valence-corrected chi connectivity index (χ0v) is 9.28. The third-order valence-electron chi connectivity index (χ3n) is 2.15. The molecule has 0 aliphatic rings. The number of nitrogens with zero attached hydrogens (tertiary/aromatic N) is 4. The van der Waals surface area contributed by atoms with Crippen molar-refractivity contribution in [3.63, 3.8) is 0 Å². The van der Waals surface area contributed by atoms with Gasteiger partial charge in [0.1, 0.15) is 12.1 Å². The maximum Gasteiger partial charge on any atom is 0.176 e. The van der Waals surface area contributed by atoms with Gasteiger partial charge >= 0.3 is 0 Å². The van der Waals surface area contributed by atoms with Crippen molar-refractivity contribution in [1.29, 1.82) is 10.5 Å². The van der Waals surface area contributed by atoms with E-state index in [9.17, 15) is 0 Å². The summed E-state index contributed by atoms with van der Waals surface area (Å²) in [5.74, 6) is 0. The van der Waals surface area contributed by atoms with Gasteiger partial charge in [0, 0.05) is 6.54 Å². The molecule has 1 aromatic rings. The molecule has 0 amide bonds. The van der Waals surface area contributed by atoms with Crippen LogP contribution in [0.25, 0.3) is 0 Å². The Kier molecular flexibility index (Phi) is 3.11. The Hall–Kier alpha value is -1.81. The molecule has 0 saturated carbocycles. The van der Waals surface area contributed by atoms with Crippen LogP contribution in [0.3, 0.4) is 0 Å². The third-order valence-corrected chi connectivity index (χ3v) is 2.15. The highest BCUT2D eigenvalue weighted by molar-refractivity contribution is 5.35. The summed E-state index contributed by atoms with van der Waals surface area (Å²) in [5.41, 5.74) is 0.789. The maximum absolute atomic E-state index is 8.89. The summed E-state index contributed by atoms with van der Waals surface area (Å²) >= 11 is 0. The van der Waals surface area contributed by atoms with E-state index in [0.29, 0.717) is 5.69 Å². The summed E-state index contributed by atoms with van der Waals surface area (Å²) < 4.78 is 1.74. The van der Waals surface area contributed by atoms with Gasteiger partial charge in [-0.3, -0.25) is 0 Å². The lowest BCUT2D eigenvalue weighted by atomic mass is 9.92. The molecule has 1 heterocycles. The van der Waals surface area contributed by atoms with Crippen LogP contribution in [-0.2, 0) is 6.54 Å². The summed E-state index contributed by atoms with van der Waals surface area (Å²) in [6.45, 7) is 7.14. The van der Waals surface area contributed by atoms with Crippen molar-refractivity contribution in [1.82, 2.24) is 9.55 Å². The molecule has 0 fully saturated rings. The van der Waals surface area contributed by atoms with Crippen LogP contribution in [0.2, 0.25) is 0 Å².